The Kier molecular flexibility index (Phi) is 5.20. The number of nitrogens with zero attached hydrogens (tertiary/aromatic N) is 1. The van der Waals surface area contributed by atoms with E-state index in [4.69, 9.17) is 4.74 Å². The van der Waals surface area contributed by atoms with Crippen molar-refractivity contribution in [1.82, 2.24) is 4.57 Å². The molecule has 0 fully saturated rings. The molecule has 1 aromatic heterocycles. The van der Waals surface area contributed by atoms with E-state index in [0.29, 0.717) is 6.42 Å². The van der Waals surface area contributed by atoms with Gasteiger partial charge >= 0.3 is 5.97 Å². The van der Waals surface area contributed by atoms with Gasteiger partial charge in [-0.15, -0.1) is 0 Å². The van der Waals surface area contributed by atoms with Crippen LogP contribution in [0.25, 0.3) is 32.4 Å². The summed E-state index contributed by atoms with van der Waals surface area (Å²) in [5, 5.41) is 5.56. The Bertz CT molecular complexity index is 1480. The Morgan fingerprint density at radius 1 is 0.781 bits per heavy atom. The third kappa shape index (κ3) is 3.44. The number of esters is 1. The van der Waals surface area contributed by atoms with Crippen LogP contribution < -0.4 is 0 Å². The zero-order valence-corrected chi connectivity index (χ0v) is 17.9. The summed E-state index contributed by atoms with van der Waals surface area (Å²) in [6.45, 7) is 2.02. The molecule has 5 rings (SSSR count). The monoisotopic (exact) mass is 421 g/mol. The summed E-state index contributed by atoms with van der Waals surface area (Å²) in [6, 6.07) is 28.1. The summed E-state index contributed by atoms with van der Waals surface area (Å²) in [6.07, 6.45) is 0.867. The van der Waals surface area contributed by atoms with Gasteiger partial charge in [0, 0.05) is 11.8 Å². The first kappa shape index (κ1) is 20.0. The van der Waals surface area contributed by atoms with Crippen LogP contribution in [0.3, 0.4) is 0 Å². The highest BCUT2D eigenvalue weighted by molar-refractivity contribution is 6.09. The molecule has 4 heteroatoms. The highest BCUT2D eigenvalue weighted by Crippen LogP contribution is 2.30. The van der Waals surface area contributed by atoms with Gasteiger partial charge in [0.15, 0.2) is 0 Å². The standard InChI is InChI=1S/C28H23NO3/c1-2-32-28(31)26-18-21-10-4-8-14-25(21)29(26)27(30)16-15-20-17-19-9-3-5-11-22(19)24-13-7-6-12-23(20)24/h3-14,17-18H,2,15-16H2,1H3. The van der Waals surface area contributed by atoms with Crippen LogP contribution in [0.15, 0.2) is 84.9 Å². The summed E-state index contributed by atoms with van der Waals surface area (Å²) in [5.41, 5.74) is 2.13. The molecule has 4 nitrogen and oxygen atoms in total. The number of hydrogen-bond donors (Lipinski definition) is 0. The molecule has 0 amide bonds. The van der Waals surface area contributed by atoms with Gasteiger partial charge in [-0.05, 0) is 52.6 Å². The van der Waals surface area contributed by atoms with E-state index in [1.54, 1.807) is 13.0 Å². The van der Waals surface area contributed by atoms with Gasteiger partial charge in [-0.3, -0.25) is 9.36 Å². The SMILES string of the molecule is CCOC(=O)c1cc2ccccc2n1C(=O)CCc1cc2ccccc2c2ccccc12. The fourth-order valence-electron chi connectivity index (χ4n) is 4.47. The molecule has 32 heavy (non-hydrogen) atoms. The van der Waals surface area contributed by atoms with Crippen molar-refractivity contribution < 1.29 is 14.3 Å². The summed E-state index contributed by atoms with van der Waals surface area (Å²) in [5.74, 6) is -0.598. The lowest BCUT2D eigenvalue weighted by molar-refractivity contribution is 0.0509. The van der Waals surface area contributed by atoms with Crippen molar-refractivity contribution in [3.63, 3.8) is 0 Å². The highest BCUT2D eigenvalue weighted by Gasteiger charge is 2.21. The van der Waals surface area contributed by atoms with Crippen LogP contribution in [0.5, 0.6) is 0 Å². The number of fused-ring (bicyclic) bond motifs is 4. The second kappa shape index (κ2) is 8.31. The van der Waals surface area contributed by atoms with Crippen molar-refractivity contribution in [2.24, 2.45) is 0 Å². The molecule has 4 aromatic carbocycles. The topological polar surface area (TPSA) is 48.3 Å². The van der Waals surface area contributed by atoms with Crippen LogP contribution in [-0.2, 0) is 11.2 Å². The van der Waals surface area contributed by atoms with Crippen LogP contribution in [0.4, 0.5) is 0 Å². The minimum Gasteiger partial charge on any atom is -0.461 e. The van der Waals surface area contributed by atoms with Crippen molar-refractivity contribution in [1.29, 1.82) is 0 Å². The molecule has 1 heterocycles. The molecule has 0 aliphatic heterocycles. The third-order valence-electron chi connectivity index (χ3n) is 5.91. The molecule has 0 spiro atoms. The number of hydrogen-bond acceptors (Lipinski definition) is 3. The Hall–Kier alpha value is -3.92. The number of aromatic nitrogens is 1. The molecule has 158 valence electrons. The van der Waals surface area contributed by atoms with Crippen molar-refractivity contribution >= 4 is 44.3 Å². The summed E-state index contributed by atoms with van der Waals surface area (Å²) in [7, 11) is 0. The highest BCUT2D eigenvalue weighted by atomic mass is 16.5. The van der Waals surface area contributed by atoms with Crippen LogP contribution in [0.2, 0.25) is 0 Å². The van der Waals surface area contributed by atoms with Gasteiger partial charge in [-0.25, -0.2) is 4.79 Å². The zero-order valence-electron chi connectivity index (χ0n) is 17.9. The number of benzene rings is 4. The lowest BCUT2D eigenvalue weighted by atomic mass is 9.95. The van der Waals surface area contributed by atoms with Gasteiger partial charge in [0.25, 0.3) is 0 Å². The quantitative estimate of drug-likeness (QED) is 0.244. The largest absolute Gasteiger partial charge is 0.461 e. The number of para-hydroxylation sites is 1. The minimum atomic E-state index is -0.479. The molecule has 0 aliphatic rings. The van der Waals surface area contributed by atoms with Crippen molar-refractivity contribution in [3.05, 3.63) is 96.2 Å². The van der Waals surface area contributed by atoms with Crippen molar-refractivity contribution in [2.75, 3.05) is 6.61 Å². The molecule has 0 bridgehead atoms. The van der Waals surface area contributed by atoms with E-state index in [0.717, 1.165) is 27.2 Å². The van der Waals surface area contributed by atoms with Gasteiger partial charge in [0.1, 0.15) is 5.69 Å². The van der Waals surface area contributed by atoms with Crippen LogP contribution in [0, 0.1) is 0 Å². The molecule has 0 unspecified atom stereocenters. The minimum absolute atomic E-state index is 0.119. The molecular weight excluding hydrogens is 398 g/mol. The number of rotatable bonds is 5. The predicted octanol–water partition coefficient (Wildman–Crippen LogP) is 6.40. The Labute approximate surface area is 186 Å². The van der Waals surface area contributed by atoms with Crippen LogP contribution in [-0.4, -0.2) is 23.1 Å². The van der Waals surface area contributed by atoms with E-state index in [2.05, 4.69) is 30.3 Å². The third-order valence-corrected chi connectivity index (χ3v) is 5.91. The summed E-state index contributed by atoms with van der Waals surface area (Å²) < 4.78 is 6.72. The molecule has 5 aromatic rings. The Morgan fingerprint density at radius 2 is 1.44 bits per heavy atom. The van der Waals surface area contributed by atoms with Gasteiger partial charge in [0.05, 0.1) is 12.1 Å². The van der Waals surface area contributed by atoms with E-state index in [1.807, 2.05) is 48.5 Å². The fraction of sp³-hybridized carbons (Fsp3) is 0.143. The first-order chi connectivity index (χ1) is 15.7. The molecule has 0 N–H and O–H groups in total. The Morgan fingerprint density at radius 3 is 2.22 bits per heavy atom. The molecule has 0 aliphatic carbocycles. The average molecular weight is 421 g/mol. The molecular formula is C28H23NO3. The maximum Gasteiger partial charge on any atom is 0.355 e. The van der Waals surface area contributed by atoms with Crippen LogP contribution >= 0.6 is 0 Å². The van der Waals surface area contributed by atoms with E-state index in [9.17, 15) is 9.59 Å². The van der Waals surface area contributed by atoms with Crippen molar-refractivity contribution in [3.8, 4) is 0 Å². The lowest BCUT2D eigenvalue weighted by Gasteiger charge is -2.12. The van der Waals surface area contributed by atoms with E-state index in [1.165, 1.54) is 15.3 Å². The smallest absolute Gasteiger partial charge is 0.355 e. The van der Waals surface area contributed by atoms with Crippen LogP contribution in [0.1, 0.15) is 34.2 Å². The van der Waals surface area contributed by atoms with Gasteiger partial charge in [0.2, 0.25) is 5.91 Å². The average Bonchev–Trinajstić information content (AvgIpc) is 3.22. The Balaban J connectivity index is 1.53. The van der Waals surface area contributed by atoms with Crippen molar-refractivity contribution in [2.45, 2.75) is 19.8 Å². The number of carbonyl (C=O) groups is 2. The first-order valence-corrected chi connectivity index (χ1v) is 10.9. The maximum atomic E-state index is 13.4. The molecule has 0 saturated carbocycles. The predicted molar refractivity (Wildman–Crippen MR) is 128 cm³/mol. The van der Waals surface area contributed by atoms with E-state index >= 15 is 0 Å². The normalized spacial score (nSPS) is 11.3. The lowest BCUT2D eigenvalue weighted by Crippen LogP contribution is -2.19. The number of carbonyl (C=O) groups excluding carboxylic acids is 2. The van der Waals surface area contributed by atoms with Gasteiger partial charge in [-0.1, -0.05) is 72.8 Å². The fourth-order valence-corrected chi connectivity index (χ4v) is 4.47. The summed E-state index contributed by atoms with van der Waals surface area (Å²) >= 11 is 0. The number of ether oxygens (including phenoxy) is 1. The first-order valence-electron chi connectivity index (χ1n) is 10.9. The second-order valence-corrected chi connectivity index (χ2v) is 7.84. The zero-order chi connectivity index (χ0) is 22.1. The van der Waals surface area contributed by atoms with E-state index in [-0.39, 0.29) is 24.6 Å². The second-order valence-electron chi connectivity index (χ2n) is 7.84. The maximum absolute atomic E-state index is 13.4. The number of aryl methyl sites for hydroxylation is 1. The van der Waals surface area contributed by atoms with Gasteiger partial charge in [-0.2, -0.15) is 0 Å². The molecule has 0 saturated heterocycles. The summed E-state index contributed by atoms with van der Waals surface area (Å²) in [4.78, 5) is 25.9. The van der Waals surface area contributed by atoms with Gasteiger partial charge < -0.3 is 4.74 Å². The molecule has 0 radical (unpaired) electrons. The molecule has 0 atom stereocenters. The van der Waals surface area contributed by atoms with E-state index < -0.39 is 5.97 Å².